The van der Waals surface area contributed by atoms with Gasteiger partial charge in [-0.2, -0.15) is 0 Å². The van der Waals surface area contributed by atoms with Crippen LogP contribution in [0, 0.1) is 0 Å². The van der Waals surface area contributed by atoms with Gasteiger partial charge >= 0.3 is 0 Å². The maximum absolute atomic E-state index is 5.39. The van der Waals surface area contributed by atoms with Crippen LogP contribution in [0.4, 0.5) is 0 Å². The van der Waals surface area contributed by atoms with Gasteiger partial charge in [-0.05, 0) is 57.3 Å². The average Bonchev–Trinajstić information content (AvgIpc) is 3.69. The number of nitrogens with zero attached hydrogens (tertiary/aromatic N) is 3. The van der Waals surface area contributed by atoms with Crippen molar-refractivity contribution in [2.24, 2.45) is 0 Å². The number of hydrogen-bond acceptors (Lipinski definition) is 2. The number of para-hydroxylation sites is 1. The molecule has 10 rings (SSSR count). The van der Waals surface area contributed by atoms with E-state index in [2.05, 4.69) is 171 Å². The Kier molecular flexibility index (Phi) is 5.79. The Labute approximate surface area is 287 Å². The summed E-state index contributed by atoms with van der Waals surface area (Å²) in [5, 5.41) is 5.28. The summed E-state index contributed by atoms with van der Waals surface area (Å²) < 4.78 is 2.46. The largest absolute Gasteiger partial charge is 0.309 e. The topological polar surface area (TPSA) is 30.7 Å². The zero-order chi connectivity index (χ0) is 33.1. The van der Waals surface area contributed by atoms with Gasteiger partial charge in [-0.1, -0.05) is 142 Å². The normalized spacial score (nSPS) is 14.9. The lowest BCUT2D eigenvalue weighted by molar-refractivity contribution is 0.666. The average molecular weight is 646 g/mol. The standard InChI is InChI=1S/C45H35N3Si/c1-45(2)35-22-11-8-19-31(35)32-25-26-37-39(41(32)45)33-20-9-12-23-36(33)48(37)30-18-14-17-29(27-30)42-40-34-21-10-13-24-38(34)49(3,4)44(40)47-43(46-42)28-15-6-5-7-16-28/h5-27H,1-4H3. The maximum atomic E-state index is 5.39. The summed E-state index contributed by atoms with van der Waals surface area (Å²) in [5.41, 5.74) is 14.6. The predicted molar refractivity (Wildman–Crippen MR) is 207 cm³/mol. The lowest BCUT2D eigenvalue weighted by Gasteiger charge is -2.22. The Morgan fingerprint density at radius 1 is 0.592 bits per heavy atom. The fourth-order valence-corrected chi connectivity index (χ4v) is 11.8. The van der Waals surface area contributed by atoms with Gasteiger partial charge in [0.1, 0.15) is 8.07 Å². The number of benzene rings is 6. The van der Waals surface area contributed by atoms with Crippen LogP contribution in [0.15, 0.2) is 140 Å². The molecule has 0 N–H and O–H groups in total. The Morgan fingerprint density at radius 3 is 2.16 bits per heavy atom. The molecular weight excluding hydrogens is 611 g/mol. The SMILES string of the molecule is CC1(C)c2ccccc2-c2ccc3c(c21)c1ccccc1n3-c1cccc(-c2nc(-c3ccccc3)nc3c2-c2ccccc2[Si]3(C)C)c1. The van der Waals surface area contributed by atoms with E-state index in [4.69, 9.17) is 9.97 Å². The van der Waals surface area contributed by atoms with Gasteiger partial charge in [0.2, 0.25) is 0 Å². The molecule has 49 heavy (non-hydrogen) atoms. The molecule has 0 bridgehead atoms. The molecular formula is C45H35N3Si. The first-order valence-electron chi connectivity index (χ1n) is 17.2. The fourth-order valence-electron chi connectivity index (χ4n) is 8.87. The number of aromatic nitrogens is 3. The molecule has 2 aliphatic rings. The van der Waals surface area contributed by atoms with Crippen LogP contribution >= 0.6 is 0 Å². The molecule has 0 fully saturated rings. The van der Waals surface area contributed by atoms with Gasteiger partial charge in [-0.25, -0.2) is 9.97 Å². The van der Waals surface area contributed by atoms with E-state index in [0.717, 1.165) is 28.3 Å². The van der Waals surface area contributed by atoms with Crippen molar-refractivity contribution in [3.8, 4) is 50.6 Å². The highest BCUT2D eigenvalue weighted by Gasteiger charge is 2.42. The monoisotopic (exact) mass is 645 g/mol. The van der Waals surface area contributed by atoms with Crippen LogP contribution in [0.1, 0.15) is 25.0 Å². The molecule has 234 valence electrons. The number of rotatable bonds is 3. The van der Waals surface area contributed by atoms with E-state index in [1.165, 1.54) is 65.7 Å². The summed E-state index contributed by atoms with van der Waals surface area (Å²) in [5.74, 6) is 0.794. The quantitative estimate of drug-likeness (QED) is 0.179. The molecule has 3 nitrogen and oxygen atoms in total. The highest BCUT2D eigenvalue weighted by Crippen LogP contribution is 2.53. The van der Waals surface area contributed by atoms with Crippen LogP contribution in [0.25, 0.3) is 72.4 Å². The minimum Gasteiger partial charge on any atom is -0.309 e. The first-order valence-corrected chi connectivity index (χ1v) is 20.2. The smallest absolute Gasteiger partial charge is 0.159 e. The second kappa shape index (κ2) is 9.97. The summed E-state index contributed by atoms with van der Waals surface area (Å²) in [6, 6.07) is 50.8. The third kappa shape index (κ3) is 3.83. The van der Waals surface area contributed by atoms with E-state index in [9.17, 15) is 0 Å². The van der Waals surface area contributed by atoms with E-state index >= 15 is 0 Å². The van der Waals surface area contributed by atoms with Gasteiger partial charge in [0.05, 0.1) is 16.7 Å². The molecule has 0 radical (unpaired) electrons. The predicted octanol–water partition coefficient (Wildman–Crippen LogP) is 10.0. The van der Waals surface area contributed by atoms with E-state index in [1.54, 1.807) is 0 Å². The van der Waals surface area contributed by atoms with Crippen molar-refractivity contribution in [1.82, 2.24) is 14.5 Å². The summed E-state index contributed by atoms with van der Waals surface area (Å²) in [6.45, 7) is 9.62. The Morgan fingerprint density at radius 2 is 1.31 bits per heavy atom. The lowest BCUT2D eigenvalue weighted by atomic mass is 9.80. The lowest BCUT2D eigenvalue weighted by Crippen LogP contribution is -2.50. The van der Waals surface area contributed by atoms with Crippen LogP contribution in [0.3, 0.4) is 0 Å². The fraction of sp³-hybridized carbons (Fsp3) is 0.111. The van der Waals surface area contributed by atoms with Crippen molar-refractivity contribution >= 4 is 40.4 Å². The van der Waals surface area contributed by atoms with E-state index in [-0.39, 0.29) is 5.41 Å². The van der Waals surface area contributed by atoms with Crippen LogP contribution in [-0.4, -0.2) is 22.6 Å². The molecule has 0 unspecified atom stereocenters. The molecule has 6 aromatic carbocycles. The van der Waals surface area contributed by atoms with E-state index in [0.29, 0.717) is 0 Å². The number of fused-ring (bicyclic) bond motifs is 10. The second-order valence-corrected chi connectivity index (χ2v) is 18.9. The Balaban J connectivity index is 1.24. The van der Waals surface area contributed by atoms with Crippen molar-refractivity contribution in [3.63, 3.8) is 0 Å². The van der Waals surface area contributed by atoms with Crippen molar-refractivity contribution in [2.75, 3.05) is 0 Å². The van der Waals surface area contributed by atoms with E-state index < -0.39 is 8.07 Å². The molecule has 0 atom stereocenters. The number of hydrogen-bond donors (Lipinski definition) is 0. The third-order valence-corrected chi connectivity index (χ3v) is 14.5. The van der Waals surface area contributed by atoms with E-state index in [1.807, 2.05) is 0 Å². The zero-order valence-electron chi connectivity index (χ0n) is 28.1. The minimum atomic E-state index is -2.06. The highest BCUT2D eigenvalue weighted by molar-refractivity contribution is 7.03. The first-order chi connectivity index (χ1) is 23.8. The molecule has 1 aliphatic heterocycles. The van der Waals surface area contributed by atoms with Gasteiger partial charge < -0.3 is 4.57 Å². The molecule has 2 aromatic heterocycles. The highest BCUT2D eigenvalue weighted by atomic mass is 28.3. The third-order valence-electron chi connectivity index (χ3n) is 11.1. The maximum Gasteiger partial charge on any atom is 0.159 e. The van der Waals surface area contributed by atoms with Crippen molar-refractivity contribution in [2.45, 2.75) is 32.4 Å². The molecule has 0 saturated carbocycles. The van der Waals surface area contributed by atoms with Gasteiger partial charge in [0.25, 0.3) is 0 Å². The summed E-state index contributed by atoms with van der Waals surface area (Å²) in [6.07, 6.45) is 0. The van der Waals surface area contributed by atoms with Gasteiger partial charge in [0.15, 0.2) is 5.82 Å². The second-order valence-electron chi connectivity index (χ2n) is 14.6. The van der Waals surface area contributed by atoms with Gasteiger partial charge in [0, 0.05) is 43.9 Å². The molecule has 1 aliphatic carbocycles. The summed E-state index contributed by atoms with van der Waals surface area (Å²) >= 11 is 0. The Bertz CT molecular complexity index is 2660. The van der Waals surface area contributed by atoms with Crippen molar-refractivity contribution in [1.29, 1.82) is 0 Å². The van der Waals surface area contributed by atoms with Crippen LogP contribution in [0.2, 0.25) is 13.1 Å². The molecule has 8 aromatic rings. The minimum absolute atomic E-state index is 0.109. The molecule has 0 amide bonds. The first kappa shape index (κ1) is 28.4. The molecule has 0 saturated heterocycles. The van der Waals surface area contributed by atoms with Crippen molar-refractivity contribution < 1.29 is 0 Å². The van der Waals surface area contributed by atoms with Crippen LogP contribution < -0.4 is 10.5 Å². The molecule has 3 heterocycles. The zero-order valence-corrected chi connectivity index (χ0v) is 29.1. The van der Waals surface area contributed by atoms with Gasteiger partial charge in [-0.15, -0.1) is 0 Å². The summed E-state index contributed by atoms with van der Waals surface area (Å²) in [4.78, 5) is 10.7. The van der Waals surface area contributed by atoms with Crippen molar-refractivity contribution in [3.05, 3.63) is 151 Å². The van der Waals surface area contributed by atoms with Crippen LogP contribution in [-0.2, 0) is 5.41 Å². The molecule has 0 spiro atoms. The molecule has 4 heteroatoms. The Hall–Kier alpha value is -5.58. The summed E-state index contributed by atoms with van der Waals surface area (Å²) in [7, 11) is -2.06. The van der Waals surface area contributed by atoms with Gasteiger partial charge in [-0.3, -0.25) is 0 Å². The van der Waals surface area contributed by atoms with Crippen LogP contribution in [0.5, 0.6) is 0 Å².